The number of aromatic nitrogens is 2. The first-order valence-electron chi connectivity index (χ1n) is 12.2. The van der Waals surface area contributed by atoms with E-state index < -0.39 is 5.41 Å². The monoisotopic (exact) mass is 490 g/mol. The third kappa shape index (κ3) is 6.11. The molecular formula is C28H34N4O4. The summed E-state index contributed by atoms with van der Waals surface area (Å²) in [5.74, 6) is 0.944. The van der Waals surface area contributed by atoms with Crippen LogP contribution in [-0.2, 0) is 21.4 Å². The number of carbonyl (C=O) groups is 2. The molecule has 4 aromatic rings. The lowest BCUT2D eigenvalue weighted by Gasteiger charge is -2.23. The Kier molecular flexibility index (Phi) is 6.64. The Morgan fingerprint density at radius 1 is 0.806 bits per heavy atom. The van der Waals surface area contributed by atoms with Crippen molar-refractivity contribution in [1.29, 1.82) is 0 Å². The molecule has 1 aliphatic rings. The van der Waals surface area contributed by atoms with Crippen molar-refractivity contribution in [3.05, 3.63) is 60.3 Å². The molecule has 0 saturated heterocycles. The van der Waals surface area contributed by atoms with Crippen molar-refractivity contribution < 1.29 is 18.4 Å². The minimum atomic E-state index is -0.549. The Hall–Kier alpha value is -3.68. The van der Waals surface area contributed by atoms with Crippen molar-refractivity contribution >= 4 is 34.0 Å². The number of rotatable bonds is 4. The molecule has 0 aliphatic heterocycles. The minimum absolute atomic E-state index is 0.0200. The van der Waals surface area contributed by atoms with Crippen LogP contribution in [0.2, 0.25) is 0 Å². The number of para-hydroxylation sites is 4. The summed E-state index contributed by atoms with van der Waals surface area (Å²) in [4.78, 5) is 32.8. The Morgan fingerprint density at radius 2 is 1.33 bits per heavy atom. The van der Waals surface area contributed by atoms with Crippen molar-refractivity contribution in [2.45, 2.75) is 77.3 Å². The van der Waals surface area contributed by atoms with Gasteiger partial charge >= 0.3 is 0 Å². The molecule has 0 unspecified atom stereocenters. The van der Waals surface area contributed by atoms with Crippen LogP contribution in [0.4, 0.5) is 0 Å². The van der Waals surface area contributed by atoms with E-state index in [9.17, 15) is 9.59 Å². The van der Waals surface area contributed by atoms with E-state index in [0.717, 1.165) is 29.5 Å². The van der Waals surface area contributed by atoms with E-state index in [4.69, 9.17) is 8.83 Å². The summed E-state index contributed by atoms with van der Waals surface area (Å²) in [6.45, 7) is 11.8. The zero-order valence-corrected chi connectivity index (χ0v) is 21.8. The van der Waals surface area contributed by atoms with Gasteiger partial charge in [-0.2, -0.15) is 0 Å². The number of nitrogens with one attached hydrogen (secondary N) is 2. The predicted molar refractivity (Wildman–Crippen MR) is 138 cm³/mol. The first-order valence-corrected chi connectivity index (χ1v) is 12.2. The SMILES string of the molecule is CC(C)(C)NC(=O)C1(c2nc3ccccc3o2)CC1.CC(C)(C)NC(=O)Cc1nc2ccccc2o1. The molecule has 0 atom stereocenters. The van der Waals surface area contributed by atoms with E-state index in [1.807, 2.05) is 90.1 Å². The summed E-state index contributed by atoms with van der Waals surface area (Å²) < 4.78 is 11.2. The number of carbonyl (C=O) groups excluding carboxylic acids is 2. The highest BCUT2D eigenvalue weighted by Crippen LogP contribution is 2.48. The van der Waals surface area contributed by atoms with Crippen molar-refractivity contribution in [2.24, 2.45) is 0 Å². The van der Waals surface area contributed by atoms with Crippen LogP contribution in [0.1, 0.15) is 66.2 Å². The molecular weight excluding hydrogens is 456 g/mol. The van der Waals surface area contributed by atoms with E-state index in [2.05, 4.69) is 20.6 Å². The molecule has 1 saturated carbocycles. The van der Waals surface area contributed by atoms with E-state index in [1.165, 1.54) is 0 Å². The van der Waals surface area contributed by atoms with Crippen LogP contribution >= 0.6 is 0 Å². The van der Waals surface area contributed by atoms with E-state index >= 15 is 0 Å². The van der Waals surface area contributed by atoms with Crippen molar-refractivity contribution in [3.8, 4) is 0 Å². The second kappa shape index (κ2) is 9.41. The molecule has 0 spiro atoms. The molecule has 1 aliphatic carbocycles. The van der Waals surface area contributed by atoms with Gasteiger partial charge in [0.25, 0.3) is 0 Å². The Bertz CT molecular complexity index is 1320. The molecule has 2 aromatic carbocycles. The molecule has 8 heteroatoms. The summed E-state index contributed by atoms with van der Waals surface area (Å²) in [5.41, 5.74) is 2.03. The largest absolute Gasteiger partial charge is 0.440 e. The molecule has 0 radical (unpaired) electrons. The fourth-order valence-electron chi connectivity index (χ4n) is 3.80. The Labute approximate surface area is 210 Å². The molecule has 36 heavy (non-hydrogen) atoms. The van der Waals surface area contributed by atoms with E-state index in [1.54, 1.807) is 0 Å². The summed E-state index contributed by atoms with van der Waals surface area (Å²) in [7, 11) is 0. The Balaban J connectivity index is 0.000000170. The number of hydrogen-bond acceptors (Lipinski definition) is 6. The minimum Gasteiger partial charge on any atom is -0.440 e. The van der Waals surface area contributed by atoms with Crippen LogP contribution < -0.4 is 10.6 Å². The van der Waals surface area contributed by atoms with Crippen molar-refractivity contribution in [1.82, 2.24) is 20.6 Å². The van der Waals surface area contributed by atoms with Crippen LogP contribution in [0, 0.1) is 0 Å². The number of nitrogens with zero attached hydrogens (tertiary/aromatic N) is 2. The normalized spacial score (nSPS) is 14.7. The molecule has 2 aromatic heterocycles. The molecule has 2 amide bonds. The van der Waals surface area contributed by atoms with Crippen LogP contribution in [0.5, 0.6) is 0 Å². The summed E-state index contributed by atoms with van der Waals surface area (Å²) in [6, 6.07) is 15.1. The summed E-state index contributed by atoms with van der Waals surface area (Å²) >= 11 is 0. The third-order valence-corrected chi connectivity index (χ3v) is 5.54. The van der Waals surface area contributed by atoms with Crippen LogP contribution in [0.3, 0.4) is 0 Å². The maximum Gasteiger partial charge on any atom is 0.236 e. The van der Waals surface area contributed by atoms with Gasteiger partial charge in [0.1, 0.15) is 22.9 Å². The van der Waals surface area contributed by atoms with Gasteiger partial charge < -0.3 is 19.5 Å². The van der Waals surface area contributed by atoms with Gasteiger partial charge in [-0.1, -0.05) is 24.3 Å². The van der Waals surface area contributed by atoms with Crippen LogP contribution in [0.15, 0.2) is 57.4 Å². The number of amides is 2. The summed E-state index contributed by atoms with van der Waals surface area (Å²) in [5, 5.41) is 5.90. The highest BCUT2D eigenvalue weighted by atomic mass is 16.4. The molecule has 2 heterocycles. The zero-order chi connectivity index (χ0) is 26.1. The number of benzene rings is 2. The fourth-order valence-corrected chi connectivity index (χ4v) is 3.80. The molecule has 0 bridgehead atoms. The average Bonchev–Trinajstić information content (AvgIpc) is 3.29. The van der Waals surface area contributed by atoms with Crippen LogP contribution in [0.25, 0.3) is 22.2 Å². The van der Waals surface area contributed by atoms with Gasteiger partial charge in [0.2, 0.25) is 23.6 Å². The lowest BCUT2D eigenvalue weighted by molar-refractivity contribution is -0.125. The predicted octanol–water partition coefficient (Wildman–Crippen LogP) is 5.06. The van der Waals surface area contributed by atoms with Gasteiger partial charge in [-0.25, -0.2) is 9.97 Å². The molecule has 2 N–H and O–H groups in total. The number of oxazole rings is 2. The van der Waals surface area contributed by atoms with E-state index in [-0.39, 0.29) is 29.3 Å². The zero-order valence-electron chi connectivity index (χ0n) is 21.8. The average molecular weight is 491 g/mol. The number of hydrogen-bond donors (Lipinski definition) is 2. The highest BCUT2D eigenvalue weighted by Gasteiger charge is 2.56. The molecule has 8 nitrogen and oxygen atoms in total. The van der Waals surface area contributed by atoms with Crippen molar-refractivity contribution in [3.63, 3.8) is 0 Å². The standard InChI is InChI=1S/C15H18N2O2.C13H16N2O2/c1-14(2,3)17-12(18)15(8-9-15)13-16-10-6-4-5-7-11(10)19-13;1-13(2,3)15-11(16)8-12-14-9-6-4-5-7-10(9)17-12/h4-7H,8-9H2,1-3H3,(H,17,18);4-7H,8H2,1-3H3,(H,15,16). The molecule has 190 valence electrons. The quantitative estimate of drug-likeness (QED) is 0.414. The van der Waals surface area contributed by atoms with Crippen LogP contribution in [-0.4, -0.2) is 32.9 Å². The maximum atomic E-state index is 12.4. The molecule has 1 fully saturated rings. The topological polar surface area (TPSA) is 110 Å². The fraction of sp³-hybridized carbons (Fsp3) is 0.429. The van der Waals surface area contributed by atoms with Gasteiger partial charge in [-0.15, -0.1) is 0 Å². The maximum absolute atomic E-state index is 12.4. The van der Waals surface area contributed by atoms with Crippen molar-refractivity contribution in [2.75, 3.05) is 0 Å². The van der Waals surface area contributed by atoms with Gasteiger partial charge in [-0.05, 0) is 78.6 Å². The highest BCUT2D eigenvalue weighted by molar-refractivity contribution is 5.91. The van der Waals surface area contributed by atoms with E-state index in [0.29, 0.717) is 17.4 Å². The van der Waals surface area contributed by atoms with Gasteiger partial charge in [0.15, 0.2) is 11.2 Å². The summed E-state index contributed by atoms with van der Waals surface area (Å²) in [6.07, 6.45) is 1.79. The second-order valence-electron chi connectivity index (χ2n) is 11.3. The first kappa shape index (κ1) is 25.4. The lowest BCUT2D eigenvalue weighted by atomic mass is 10.0. The van der Waals surface area contributed by atoms with Gasteiger partial charge in [-0.3, -0.25) is 9.59 Å². The second-order valence-corrected chi connectivity index (χ2v) is 11.3. The number of fused-ring (bicyclic) bond motifs is 2. The lowest BCUT2D eigenvalue weighted by Crippen LogP contribution is -2.46. The smallest absolute Gasteiger partial charge is 0.236 e. The first-order chi connectivity index (χ1) is 16.8. The third-order valence-electron chi connectivity index (χ3n) is 5.54. The molecule has 5 rings (SSSR count). The Morgan fingerprint density at radius 3 is 1.83 bits per heavy atom. The van der Waals surface area contributed by atoms with Gasteiger partial charge in [0, 0.05) is 11.1 Å². The van der Waals surface area contributed by atoms with Gasteiger partial charge in [0.05, 0.1) is 0 Å².